The first-order chi connectivity index (χ1) is 13.2. The molecule has 1 aliphatic heterocycles. The average Bonchev–Trinajstić information content (AvgIpc) is 3.15. The lowest BCUT2D eigenvalue weighted by atomic mass is 10.1. The van der Waals surface area contributed by atoms with E-state index in [4.69, 9.17) is 5.11 Å². The molecular formula is C18H24N2O7S. The van der Waals surface area contributed by atoms with Gasteiger partial charge in [0.15, 0.2) is 0 Å². The van der Waals surface area contributed by atoms with Gasteiger partial charge in [0, 0.05) is 13.0 Å². The number of carboxylic acids is 1. The van der Waals surface area contributed by atoms with Gasteiger partial charge in [0.25, 0.3) is 0 Å². The zero-order chi connectivity index (χ0) is 20.9. The molecule has 1 aliphatic rings. The van der Waals surface area contributed by atoms with Crippen LogP contribution in [0.25, 0.3) is 0 Å². The molecule has 10 heteroatoms. The number of aliphatic carboxylic acids is 1. The number of rotatable bonds is 8. The van der Waals surface area contributed by atoms with Crippen molar-refractivity contribution in [3.8, 4) is 0 Å². The number of methoxy groups -OCH3 is 1. The van der Waals surface area contributed by atoms with Crippen LogP contribution in [0.1, 0.15) is 31.2 Å². The molecule has 1 fully saturated rings. The molecule has 1 aromatic carbocycles. The summed E-state index contributed by atoms with van der Waals surface area (Å²) in [5.74, 6) is -2.54. The molecule has 0 radical (unpaired) electrons. The van der Waals surface area contributed by atoms with Gasteiger partial charge in [-0.15, -0.1) is 0 Å². The fourth-order valence-corrected chi connectivity index (χ4v) is 4.72. The van der Waals surface area contributed by atoms with Gasteiger partial charge in [0.05, 0.1) is 12.0 Å². The van der Waals surface area contributed by atoms with Crippen molar-refractivity contribution >= 4 is 27.9 Å². The molecular weight excluding hydrogens is 388 g/mol. The van der Waals surface area contributed by atoms with Crippen molar-refractivity contribution in [2.75, 3.05) is 13.7 Å². The standard InChI is InChI=1S/C18H24N2O7S/c1-12-5-7-13(8-6-12)28(25,26)20-11-3-4-15(20)17(23)19-14(18(24)27-2)9-10-16(21)22/h5-8,14-15H,3-4,9-11H2,1-2H3,(H,19,23)(H,21,22)/t14-,15+/m1/s1. The molecule has 0 spiro atoms. The number of carboxylic acid groups (broad SMARTS) is 1. The fourth-order valence-electron chi connectivity index (χ4n) is 3.06. The van der Waals surface area contributed by atoms with E-state index in [0.717, 1.165) is 17.0 Å². The summed E-state index contributed by atoms with van der Waals surface area (Å²) in [5.41, 5.74) is 0.911. The number of esters is 1. The van der Waals surface area contributed by atoms with Gasteiger partial charge in [-0.3, -0.25) is 9.59 Å². The first-order valence-electron chi connectivity index (χ1n) is 8.85. The third-order valence-corrected chi connectivity index (χ3v) is 6.51. The molecule has 0 aliphatic carbocycles. The van der Waals surface area contributed by atoms with E-state index < -0.39 is 40.0 Å². The van der Waals surface area contributed by atoms with E-state index in [1.165, 1.54) is 12.1 Å². The Morgan fingerprint density at radius 1 is 1.29 bits per heavy atom. The molecule has 0 saturated carbocycles. The summed E-state index contributed by atoms with van der Waals surface area (Å²) in [7, 11) is -2.74. The highest BCUT2D eigenvalue weighted by Gasteiger charge is 2.40. The lowest BCUT2D eigenvalue weighted by Crippen LogP contribution is -2.51. The van der Waals surface area contributed by atoms with Gasteiger partial charge in [-0.05, 0) is 38.3 Å². The number of nitrogens with zero attached hydrogens (tertiary/aromatic N) is 1. The summed E-state index contributed by atoms with van der Waals surface area (Å²) in [6, 6.07) is 4.21. The minimum absolute atomic E-state index is 0.0909. The Bertz CT molecular complexity index is 836. The van der Waals surface area contributed by atoms with Gasteiger partial charge in [-0.2, -0.15) is 4.31 Å². The summed E-state index contributed by atoms with van der Waals surface area (Å²) in [4.78, 5) is 35.4. The lowest BCUT2D eigenvalue weighted by Gasteiger charge is -2.25. The number of nitrogens with one attached hydrogen (secondary N) is 1. The smallest absolute Gasteiger partial charge is 0.328 e. The molecule has 0 aromatic heterocycles. The molecule has 0 bridgehead atoms. The number of hydrogen-bond donors (Lipinski definition) is 2. The monoisotopic (exact) mass is 412 g/mol. The van der Waals surface area contributed by atoms with Crippen molar-refractivity contribution < 1.29 is 32.6 Å². The van der Waals surface area contributed by atoms with Gasteiger partial charge in [-0.25, -0.2) is 13.2 Å². The number of carbonyl (C=O) groups excluding carboxylic acids is 2. The number of sulfonamides is 1. The van der Waals surface area contributed by atoms with E-state index in [2.05, 4.69) is 10.1 Å². The second-order valence-corrected chi connectivity index (χ2v) is 8.49. The second kappa shape index (κ2) is 9.16. The van der Waals surface area contributed by atoms with Gasteiger partial charge in [0.2, 0.25) is 15.9 Å². The fraction of sp³-hybridized carbons (Fsp3) is 0.500. The van der Waals surface area contributed by atoms with Crippen LogP contribution in [0.3, 0.4) is 0 Å². The molecule has 1 heterocycles. The normalized spacial score (nSPS) is 18.4. The maximum absolute atomic E-state index is 12.9. The molecule has 2 rings (SSSR count). The molecule has 0 unspecified atom stereocenters. The van der Waals surface area contributed by atoms with E-state index in [0.29, 0.717) is 12.8 Å². The van der Waals surface area contributed by atoms with Gasteiger partial charge >= 0.3 is 11.9 Å². The Kier molecular flexibility index (Phi) is 7.14. The van der Waals surface area contributed by atoms with Crippen LogP contribution in [0.5, 0.6) is 0 Å². The summed E-state index contributed by atoms with van der Waals surface area (Å²) < 4.78 is 31.6. The largest absolute Gasteiger partial charge is 0.481 e. The highest BCUT2D eigenvalue weighted by molar-refractivity contribution is 7.89. The number of carbonyl (C=O) groups is 3. The Labute approximate surface area is 163 Å². The van der Waals surface area contributed by atoms with Crippen LogP contribution in [-0.2, 0) is 29.1 Å². The summed E-state index contributed by atoms with van der Waals surface area (Å²) in [6.45, 7) is 2.03. The zero-order valence-corrected chi connectivity index (χ0v) is 16.6. The zero-order valence-electron chi connectivity index (χ0n) is 15.8. The van der Waals surface area contributed by atoms with Crippen molar-refractivity contribution in [1.29, 1.82) is 0 Å². The van der Waals surface area contributed by atoms with E-state index in [1.54, 1.807) is 12.1 Å². The minimum atomic E-state index is -3.87. The predicted molar refractivity (Wildman–Crippen MR) is 98.9 cm³/mol. The van der Waals surface area contributed by atoms with Crippen LogP contribution in [0.4, 0.5) is 0 Å². The molecule has 9 nitrogen and oxygen atoms in total. The Hall–Kier alpha value is -2.46. The molecule has 1 saturated heterocycles. The third kappa shape index (κ3) is 5.08. The number of aryl methyl sites for hydroxylation is 1. The number of benzene rings is 1. The van der Waals surface area contributed by atoms with Crippen LogP contribution in [0.15, 0.2) is 29.2 Å². The van der Waals surface area contributed by atoms with E-state index in [1.807, 2.05) is 6.92 Å². The first kappa shape index (κ1) is 21.8. The van der Waals surface area contributed by atoms with Crippen LogP contribution >= 0.6 is 0 Å². The predicted octanol–water partition coefficient (Wildman–Crippen LogP) is 0.671. The molecule has 154 valence electrons. The SMILES string of the molecule is COC(=O)[C@@H](CCC(=O)O)NC(=O)[C@@H]1CCCN1S(=O)(=O)c1ccc(C)cc1. The van der Waals surface area contributed by atoms with Crippen LogP contribution < -0.4 is 5.32 Å². The number of ether oxygens (including phenoxy) is 1. The summed E-state index contributed by atoms with van der Waals surface area (Å²) >= 11 is 0. The van der Waals surface area contributed by atoms with Gasteiger partial charge in [0.1, 0.15) is 12.1 Å². The maximum atomic E-state index is 12.9. The molecule has 2 N–H and O–H groups in total. The Morgan fingerprint density at radius 2 is 1.93 bits per heavy atom. The Morgan fingerprint density at radius 3 is 2.50 bits per heavy atom. The summed E-state index contributed by atoms with van der Waals surface area (Å²) in [6.07, 6.45) is 0.326. The van der Waals surface area contributed by atoms with E-state index in [-0.39, 0.29) is 24.3 Å². The maximum Gasteiger partial charge on any atom is 0.328 e. The quantitative estimate of drug-likeness (QED) is 0.600. The molecule has 2 atom stereocenters. The number of amides is 1. The van der Waals surface area contributed by atoms with Crippen molar-refractivity contribution in [1.82, 2.24) is 9.62 Å². The average molecular weight is 412 g/mol. The molecule has 1 amide bonds. The lowest BCUT2D eigenvalue weighted by molar-refractivity contribution is -0.146. The van der Waals surface area contributed by atoms with Crippen LogP contribution in [0.2, 0.25) is 0 Å². The van der Waals surface area contributed by atoms with Gasteiger partial charge in [-0.1, -0.05) is 17.7 Å². The molecule has 1 aromatic rings. The molecule has 28 heavy (non-hydrogen) atoms. The second-order valence-electron chi connectivity index (χ2n) is 6.60. The Balaban J connectivity index is 2.17. The summed E-state index contributed by atoms with van der Waals surface area (Å²) in [5, 5.41) is 11.2. The first-order valence-corrected chi connectivity index (χ1v) is 10.3. The van der Waals surface area contributed by atoms with Crippen LogP contribution in [0, 0.1) is 6.92 Å². The van der Waals surface area contributed by atoms with Gasteiger partial charge < -0.3 is 15.2 Å². The van der Waals surface area contributed by atoms with Crippen molar-refractivity contribution in [3.63, 3.8) is 0 Å². The van der Waals surface area contributed by atoms with Crippen molar-refractivity contribution in [2.24, 2.45) is 0 Å². The highest BCUT2D eigenvalue weighted by atomic mass is 32.2. The van der Waals surface area contributed by atoms with E-state index in [9.17, 15) is 22.8 Å². The van der Waals surface area contributed by atoms with Crippen LogP contribution in [-0.4, -0.2) is 61.4 Å². The van der Waals surface area contributed by atoms with Crippen molar-refractivity contribution in [2.45, 2.75) is 49.6 Å². The minimum Gasteiger partial charge on any atom is -0.481 e. The third-order valence-electron chi connectivity index (χ3n) is 4.58. The van der Waals surface area contributed by atoms with E-state index >= 15 is 0 Å². The number of hydrogen-bond acceptors (Lipinski definition) is 6. The van der Waals surface area contributed by atoms with Crippen molar-refractivity contribution in [3.05, 3.63) is 29.8 Å². The topological polar surface area (TPSA) is 130 Å². The highest BCUT2D eigenvalue weighted by Crippen LogP contribution is 2.26.